The summed E-state index contributed by atoms with van der Waals surface area (Å²) in [6.45, 7) is 1.22. The lowest BCUT2D eigenvalue weighted by atomic mass is 9.86. The normalized spacial score (nSPS) is 17.4. The van der Waals surface area contributed by atoms with Crippen molar-refractivity contribution in [3.63, 3.8) is 0 Å². The number of rotatable bonds is 3. The van der Waals surface area contributed by atoms with Crippen molar-refractivity contribution in [1.82, 2.24) is 4.90 Å². The minimum absolute atomic E-state index is 0.169. The van der Waals surface area contributed by atoms with E-state index in [0.717, 1.165) is 0 Å². The van der Waals surface area contributed by atoms with Crippen molar-refractivity contribution in [3.05, 3.63) is 71.8 Å². The van der Waals surface area contributed by atoms with Crippen LogP contribution < -0.4 is 5.73 Å². The van der Waals surface area contributed by atoms with E-state index in [1.807, 2.05) is 36.4 Å². The average molecular weight is 263 g/mol. The SMILES string of the molecule is N#CC1(N)CN(C(c2ccccc2)c2ccccc2)C1. The Labute approximate surface area is 119 Å². The maximum atomic E-state index is 9.08. The van der Waals surface area contributed by atoms with Crippen molar-refractivity contribution in [2.24, 2.45) is 5.73 Å². The van der Waals surface area contributed by atoms with Crippen molar-refractivity contribution >= 4 is 0 Å². The molecule has 2 aromatic carbocycles. The molecule has 0 aromatic heterocycles. The van der Waals surface area contributed by atoms with Gasteiger partial charge in [0.05, 0.1) is 12.1 Å². The quantitative estimate of drug-likeness (QED) is 0.924. The van der Waals surface area contributed by atoms with E-state index in [-0.39, 0.29) is 6.04 Å². The molecule has 2 N–H and O–H groups in total. The first-order chi connectivity index (χ1) is 9.72. The van der Waals surface area contributed by atoms with Crippen molar-refractivity contribution in [3.8, 4) is 6.07 Å². The topological polar surface area (TPSA) is 53.1 Å². The molecule has 0 bridgehead atoms. The smallest absolute Gasteiger partial charge is 0.129 e. The third kappa shape index (κ3) is 2.32. The van der Waals surface area contributed by atoms with E-state index in [0.29, 0.717) is 13.1 Å². The molecule has 0 atom stereocenters. The van der Waals surface area contributed by atoms with Gasteiger partial charge in [-0.25, -0.2) is 0 Å². The molecule has 1 fully saturated rings. The Balaban J connectivity index is 1.93. The van der Waals surface area contributed by atoms with Gasteiger partial charge < -0.3 is 5.73 Å². The van der Waals surface area contributed by atoms with Gasteiger partial charge in [-0.05, 0) is 11.1 Å². The van der Waals surface area contributed by atoms with Gasteiger partial charge in [0.25, 0.3) is 0 Å². The van der Waals surface area contributed by atoms with Gasteiger partial charge in [-0.3, -0.25) is 4.90 Å². The van der Waals surface area contributed by atoms with Crippen molar-refractivity contribution in [1.29, 1.82) is 5.26 Å². The summed E-state index contributed by atoms with van der Waals surface area (Å²) in [4.78, 5) is 2.26. The van der Waals surface area contributed by atoms with Crippen molar-refractivity contribution < 1.29 is 0 Å². The van der Waals surface area contributed by atoms with Crippen LogP contribution in [0.15, 0.2) is 60.7 Å². The molecule has 3 rings (SSSR count). The van der Waals surface area contributed by atoms with Crippen LogP contribution in [0.2, 0.25) is 0 Å². The maximum absolute atomic E-state index is 9.08. The summed E-state index contributed by atoms with van der Waals surface area (Å²) < 4.78 is 0. The molecule has 0 aliphatic carbocycles. The van der Waals surface area contributed by atoms with Crippen LogP contribution in [0, 0.1) is 11.3 Å². The molecule has 0 radical (unpaired) electrons. The lowest BCUT2D eigenvalue weighted by Gasteiger charge is -2.47. The predicted octanol–water partition coefficient (Wildman–Crippen LogP) is 2.31. The van der Waals surface area contributed by atoms with Crippen LogP contribution in [0.5, 0.6) is 0 Å². The standard InChI is InChI=1S/C17H17N3/c18-11-17(19)12-20(13-17)16(14-7-3-1-4-8-14)15-9-5-2-6-10-15/h1-10,16H,12-13,19H2. The Kier molecular flexibility index (Phi) is 3.27. The first-order valence-electron chi connectivity index (χ1n) is 6.76. The van der Waals surface area contributed by atoms with E-state index in [9.17, 15) is 0 Å². The molecule has 0 amide bonds. The van der Waals surface area contributed by atoms with Crippen LogP contribution in [-0.4, -0.2) is 23.5 Å². The van der Waals surface area contributed by atoms with Gasteiger partial charge >= 0.3 is 0 Å². The van der Waals surface area contributed by atoms with Crippen molar-refractivity contribution in [2.45, 2.75) is 11.6 Å². The Hall–Kier alpha value is -2.15. The molecule has 0 unspecified atom stereocenters. The molecule has 2 aromatic rings. The second-order valence-corrected chi connectivity index (χ2v) is 5.40. The van der Waals surface area contributed by atoms with E-state index in [2.05, 4.69) is 35.2 Å². The second-order valence-electron chi connectivity index (χ2n) is 5.40. The van der Waals surface area contributed by atoms with Crippen LogP contribution in [0.1, 0.15) is 17.2 Å². The summed E-state index contributed by atoms with van der Waals surface area (Å²) in [5.74, 6) is 0. The third-order valence-corrected chi connectivity index (χ3v) is 3.79. The molecule has 3 heteroatoms. The highest BCUT2D eigenvalue weighted by atomic mass is 15.3. The number of likely N-dealkylation sites (tertiary alicyclic amines) is 1. The lowest BCUT2D eigenvalue weighted by Crippen LogP contribution is -2.67. The van der Waals surface area contributed by atoms with Crippen LogP contribution in [0.3, 0.4) is 0 Å². The van der Waals surface area contributed by atoms with Crippen molar-refractivity contribution in [2.75, 3.05) is 13.1 Å². The molecule has 1 aliphatic heterocycles. The fraction of sp³-hybridized carbons (Fsp3) is 0.235. The Bertz CT molecular complexity index is 570. The zero-order valence-corrected chi connectivity index (χ0v) is 11.2. The van der Waals surface area contributed by atoms with E-state index < -0.39 is 5.54 Å². The molecule has 1 heterocycles. The molecule has 1 aliphatic rings. The molecular weight excluding hydrogens is 246 g/mol. The molecule has 0 spiro atoms. The molecule has 1 saturated heterocycles. The highest BCUT2D eigenvalue weighted by Gasteiger charge is 2.43. The van der Waals surface area contributed by atoms with E-state index in [1.54, 1.807) is 0 Å². The molecule has 3 nitrogen and oxygen atoms in total. The Morgan fingerprint density at radius 1 is 0.950 bits per heavy atom. The van der Waals surface area contributed by atoms with Gasteiger partial charge in [0, 0.05) is 13.1 Å². The zero-order chi connectivity index (χ0) is 14.0. The summed E-state index contributed by atoms with van der Waals surface area (Å²) in [5, 5.41) is 9.08. The Morgan fingerprint density at radius 3 is 1.80 bits per heavy atom. The number of nitrogens with two attached hydrogens (primary N) is 1. The van der Waals surface area contributed by atoms with Gasteiger partial charge in [0.15, 0.2) is 0 Å². The predicted molar refractivity (Wildman–Crippen MR) is 78.8 cm³/mol. The lowest BCUT2D eigenvalue weighted by molar-refractivity contribution is 0.0759. The first-order valence-corrected chi connectivity index (χ1v) is 6.76. The molecule has 0 saturated carbocycles. The molecule has 100 valence electrons. The fourth-order valence-electron chi connectivity index (χ4n) is 2.82. The summed E-state index contributed by atoms with van der Waals surface area (Å²) in [5.41, 5.74) is 7.76. The monoisotopic (exact) mass is 263 g/mol. The molecule has 20 heavy (non-hydrogen) atoms. The van der Waals surface area contributed by atoms with Crippen LogP contribution >= 0.6 is 0 Å². The van der Waals surface area contributed by atoms with Gasteiger partial charge in [0.1, 0.15) is 5.54 Å². The van der Waals surface area contributed by atoms with E-state index in [1.165, 1.54) is 11.1 Å². The average Bonchev–Trinajstić information content (AvgIpc) is 2.48. The number of hydrogen-bond donors (Lipinski definition) is 1. The van der Waals surface area contributed by atoms with Gasteiger partial charge in [-0.2, -0.15) is 5.26 Å². The number of nitrogens with zero attached hydrogens (tertiary/aromatic N) is 2. The minimum atomic E-state index is -0.693. The van der Waals surface area contributed by atoms with Crippen LogP contribution in [0.4, 0.5) is 0 Å². The Morgan fingerprint density at radius 2 is 1.40 bits per heavy atom. The first kappa shape index (κ1) is 12.9. The highest BCUT2D eigenvalue weighted by Crippen LogP contribution is 2.34. The minimum Gasteiger partial charge on any atom is -0.311 e. The largest absolute Gasteiger partial charge is 0.311 e. The zero-order valence-electron chi connectivity index (χ0n) is 11.2. The van der Waals surface area contributed by atoms with Crippen LogP contribution in [-0.2, 0) is 0 Å². The summed E-state index contributed by atoms with van der Waals surface area (Å²) in [6.07, 6.45) is 0. The number of nitriles is 1. The summed E-state index contributed by atoms with van der Waals surface area (Å²) in [7, 11) is 0. The van der Waals surface area contributed by atoms with Gasteiger partial charge in [0.2, 0.25) is 0 Å². The molecular formula is C17H17N3. The summed E-state index contributed by atoms with van der Waals surface area (Å²) >= 11 is 0. The maximum Gasteiger partial charge on any atom is 0.129 e. The van der Waals surface area contributed by atoms with E-state index in [4.69, 9.17) is 11.0 Å². The second kappa shape index (κ2) is 5.09. The number of hydrogen-bond acceptors (Lipinski definition) is 3. The fourth-order valence-corrected chi connectivity index (χ4v) is 2.82. The summed E-state index contributed by atoms with van der Waals surface area (Å²) in [6, 6.07) is 23.1. The third-order valence-electron chi connectivity index (χ3n) is 3.79. The van der Waals surface area contributed by atoms with Crippen LogP contribution in [0.25, 0.3) is 0 Å². The highest BCUT2D eigenvalue weighted by molar-refractivity contribution is 5.34. The van der Waals surface area contributed by atoms with Gasteiger partial charge in [-0.1, -0.05) is 60.7 Å². The van der Waals surface area contributed by atoms with E-state index >= 15 is 0 Å². The van der Waals surface area contributed by atoms with Gasteiger partial charge in [-0.15, -0.1) is 0 Å². The number of benzene rings is 2.